The lowest BCUT2D eigenvalue weighted by Crippen LogP contribution is -2.77. The molecule has 4 aliphatic carbocycles. The van der Waals surface area contributed by atoms with Gasteiger partial charge in [-0.25, -0.2) is 0 Å². The molecule has 17 atom stereocenters. The average molecular weight is 678 g/mol. The number of carbonyl (C=O) groups is 3. The van der Waals surface area contributed by atoms with Crippen molar-refractivity contribution in [1.29, 1.82) is 0 Å². The predicted octanol–water partition coefficient (Wildman–Crippen LogP) is 1.92. The minimum Gasteiger partial charge on any atom is -0.462 e. The van der Waals surface area contributed by atoms with Gasteiger partial charge in [-0.3, -0.25) is 19.3 Å². The second kappa shape index (κ2) is 11.1. The van der Waals surface area contributed by atoms with Gasteiger partial charge in [0.05, 0.1) is 29.1 Å². The van der Waals surface area contributed by atoms with Crippen LogP contribution in [0.15, 0.2) is 0 Å². The Labute approximate surface area is 282 Å². The normalized spacial score (nSPS) is 54.2. The quantitative estimate of drug-likeness (QED) is 0.247. The van der Waals surface area contributed by atoms with Gasteiger partial charge in [0.15, 0.2) is 12.2 Å². The van der Waals surface area contributed by atoms with Crippen molar-refractivity contribution in [3.63, 3.8) is 0 Å². The van der Waals surface area contributed by atoms with Gasteiger partial charge >= 0.3 is 17.9 Å². The van der Waals surface area contributed by atoms with E-state index in [1.807, 2.05) is 13.8 Å². The molecule has 48 heavy (non-hydrogen) atoms. The van der Waals surface area contributed by atoms with E-state index < -0.39 is 106 Å². The van der Waals surface area contributed by atoms with Crippen molar-refractivity contribution >= 4 is 17.9 Å². The van der Waals surface area contributed by atoms with E-state index in [2.05, 4.69) is 11.8 Å². The summed E-state index contributed by atoms with van der Waals surface area (Å²) in [5, 5.41) is 50.9. The van der Waals surface area contributed by atoms with Crippen molar-refractivity contribution in [2.75, 3.05) is 13.1 Å². The molecule has 0 aromatic heterocycles. The molecule has 3 saturated heterocycles. The largest absolute Gasteiger partial charge is 0.462 e. The van der Waals surface area contributed by atoms with Gasteiger partial charge in [-0.2, -0.15) is 0 Å². The summed E-state index contributed by atoms with van der Waals surface area (Å²) < 4.78 is 24.8. The lowest BCUT2D eigenvalue weighted by atomic mass is 9.49. The third kappa shape index (κ3) is 4.37. The van der Waals surface area contributed by atoms with Crippen LogP contribution < -0.4 is 0 Å². The first-order valence-electron chi connectivity index (χ1n) is 18.2. The first-order chi connectivity index (χ1) is 22.4. The van der Waals surface area contributed by atoms with Gasteiger partial charge in [0.1, 0.15) is 11.7 Å². The van der Waals surface area contributed by atoms with Crippen molar-refractivity contribution in [1.82, 2.24) is 4.90 Å². The van der Waals surface area contributed by atoms with E-state index in [9.17, 15) is 34.8 Å². The van der Waals surface area contributed by atoms with Crippen LogP contribution in [0.4, 0.5) is 0 Å². The zero-order chi connectivity index (χ0) is 34.9. The zero-order valence-corrected chi connectivity index (χ0v) is 29.4. The number of carbonyl (C=O) groups excluding carboxylic acids is 3. The van der Waals surface area contributed by atoms with Crippen molar-refractivity contribution in [3.05, 3.63) is 0 Å². The molecule has 4 N–H and O–H groups in total. The average Bonchev–Trinajstić information content (AvgIpc) is 3.27. The number of fused-ring (bicyclic) bond motifs is 5. The molecule has 4 bridgehead atoms. The number of hydrogen-bond acceptors (Lipinski definition) is 12. The monoisotopic (exact) mass is 677 g/mol. The molecule has 12 heteroatoms. The first-order valence-corrected chi connectivity index (χ1v) is 18.2. The van der Waals surface area contributed by atoms with E-state index in [0.717, 1.165) is 19.4 Å². The molecule has 1 spiro atoms. The van der Waals surface area contributed by atoms with E-state index in [-0.39, 0.29) is 18.9 Å². The third-order valence-corrected chi connectivity index (χ3v) is 14.6. The molecule has 0 unspecified atom stereocenters. The molecule has 270 valence electrons. The number of aliphatic hydroxyl groups is 4. The standard InChI is InChI=1S/C36H55NO11/c1-8-18(3)31(41)47-30-28(40)27-21(16-37-15-17(2)9-10-25(37)33(27,7)42)22-14-34-29(35(22,30)43)23(45-19(4)38)13-24-32(34,6)12-11-26(46-20(5)39)36(24,44)48-34/h17-18,21-30,40,42-44H,8-16H2,1-7H3/t17-,18-,21-,22-,23+,24-,25-,26-,27+,28+,29+,30-,32-,33+,34+,35-,36+/m0/s1. The van der Waals surface area contributed by atoms with Gasteiger partial charge in [-0.05, 0) is 69.6 Å². The third-order valence-electron chi connectivity index (χ3n) is 14.6. The molecule has 0 amide bonds. The fourth-order valence-corrected chi connectivity index (χ4v) is 12.6. The van der Waals surface area contributed by atoms with E-state index in [1.54, 1.807) is 13.8 Å². The molecule has 4 saturated carbocycles. The molecule has 0 radical (unpaired) electrons. The van der Waals surface area contributed by atoms with Crippen LogP contribution in [0.25, 0.3) is 0 Å². The molecule has 7 aliphatic rings. The molecule has 0 aromatic rings. The second-order valence-corrected chi connectivity index (χ2v) is 17.1. The van der Waals surface area contributed by atoms with Crippen LogP contribution in [0.3, 0.4) is 0 Å². The second-order valence-electron chi connectivity index (χ2n) is 17.1. The Morgan fingerprint density at radius 2 is 1.69 bits per heavy atom. The summed E-state index contributed by atoms with van der Waals surface area (Å²) in [7, 11) is 0. The Hall–Kier alpha value is -1.83. The Bertz CT molecular complexity index is 1360. The summed E-state index contributed by atoms with van der Waals surface area (Å²) in [5.41, 5.74) is -5.37. The fourth-order valence-electron chi connectivity index (χ4n) is 12.6. The minimum absolute atomic E-state index is 0.117. The van der Waals surface area contributed by atoms with E-state index in [0.29, 0.717) is 31.7 Å². The smallest absolute Gasteiger partial charge is 0.309 e. The first kappa shape index (κ1) is 34.6. The molecule has 7 rings (SSSR count). The van der Waals surface area contributed by atoms with Crippen LogP contribution in [0.1, 0.15) is 93.4 Å². The van der Waals surface area contributed by atoms with Crippen molar-refractivity contribution in [2.45, 2.75) is 146 Å². The summed E-state index contributed by atoms with van der Waals surface area (Å²) in [6.07, 6.45) is -1.47. The van der Waals surface area contributed by atoms with Crippen LogP contribution in [-0.4, -0.2) is 109 Å². The molecule has 0 aromatic carbocycles. The maximum Gasteiger partial charge on any atom is 0.309 e. The van der Waals surface area contributed by atoms with Gasteiger partial charge in [0.25, 0.3) is 0 Å². The van der Waals surface area contributed by atoms with Crippen LogP contribution in [0, 0.1) is 46.8 Å². The number of ether oxygens (including phenoxy) is 4. The molecular formula is C36H55NO11. The summed E-state index contributed by atoms with van der Waals surface area (Å²) in [4.78, 5) is 40.8. The molecule has 3 heterocycles. The van der Waals surface area contributed by atoms with Gasteiger partial charge in [-0.15, -0.1) is 0 Å². The summed E-state index contributed by atoms with van der Waals surface area (Å²) >= 11 is 0. The molecule has 12 nitrogen and oxygen atoms in total. The highest BCUT2D eigenvalue weighted by Crippen LogP contribution is 2.77. The number of esters is 3. The fraction of sp³-hybridized carbons (Fsp3) is 0.917. The Kier molecular flexibility index (Phi) is 7.99. The van der Waals surface area contributed by atoms with Crippen molar-refractivity contribution in [3.8, 4) is 0 Å². The number of rotatable bonds is 5. The summed E-state index contributed by atoms with van der Waals surface area (Å²) in [6, 6.07) is -0.216. The van der Waals surface area contributed by atoms with Crippen LogP contribution >= 0.6 is 0 Å². The van der Waals surface area contributed by atoms with Gasteiger partial charge < -0.3 is 39.4 Å². The Balaban J connectivity index is 1.42. The highest BCUT2D eigenvalue weighted by molar-refractivity contribution is 5.72. The molecule has 7 fully saturated rings. The van der Waals surface area contributed by atoms with Crippen LogP contribution in [0.2, 0.25) is 0 Å². The lowest BCUT2D eigenvalue weighted by molar-refractivity contribution is -0.300. The molecular weight excluding hydrogens is 622 g/mol. The van der Waals surface area contributed by atoms with Crippen LogP contribution in [0.5, 0.6) is 0 Å². The Morgan fingerprint density at radius 3 is 2.33 bits per heavy atom. The van der Waals surface area contributed by atoms with Gasteiger partial charge in [0, 0.05) is 50.2 Å². The predicted molar refractivity (Wildman–Crippen MR) is 169 cm³/mol. The van der Waals surface area contributed by atoms with Gasteiger partial charge in [-0.1, -0.05) is 27.7 Å². The van der Waals surface area contributed by atoms with Gasteiger partial charge in [0.2, 0.25) is 5.79 Å². The van der Waals surface area contributed by atoms with E-state index in [4.69, 9.17) is 18.9 Å². The number of piperidine rings is 2. The highest BCUT2D eigenvalue weighted by Gasteiger charge is 2.87. The topological polar surface area (TPSA) is 172 Å². The van der Waals surface area contributed by atoms with Crippen LogP contribution in [-0.2, 0) is 33.3 Å². The van der Waals surface area contributed by atoms with Crippen molar-refractivity contribution < 1.29 is 53.8 Å². The maximum atomic E-state index is 13.6. The van der Waals surface area contributed by atoms with E-state index >= 15 is 0 Å². The number of nitrogens with zero attached hydrogens (tertiary/aromatic N) is 1. The zero-order valence-electron chi connectivity index (χ0n) is 29.4. The summed E-state index contributed by atoms with van der Waals surface area (Å²) in [5.74, 6) is -7.16. The Morgan fingerprint density at radius 1 is 1.00 bits per heavy atom. The summed E-state index contributed by atoms with van der Waals surface area (Å²) in [6.45, 7) is 13.4. The number of hydrogen-bond donors (Lipinski definition) is 4. The highest BCUT2D eigenvalue weighted by atomic mass is 16.7. The van der Waals surface area contributed by atoms with Crippen molar-refractivity contribution in [2.24, 2.45) is 46.8 Å². The minimum atomic E-state index is -1.95. The number of aliphatic hydroxyl groups excluding tert-OH is 1. The molecule has 3 aliphatic heterocycles. The maximum absolute atomic E-state index is 13.6. The van der Waals surface area contributed by atoms with E-state index in [1.165, 1.54) is 13.8 Å². The SMILES string of the molecule is CC[C@H](C)C(=O)O[C@H]1[C@H](O)[C@H]2[C@@H](CN3C[C@@H](C)CC[C@H]3[C@@]2(C)O)[C@@H]2C[C@]34O[C@@]5(O)[C@@H](OC(C)=O)CC[C@@]3(C)[C@@H]5C[C@@H](OC(C)=O)[C@H]4[C@@]21O. The lowest BCUT2D eigenvalue weighted by Gasteiger charge is -2.64.